The van der Waals surface area contributed by atoms with Gasteiger partial charge in [-0.2, -0.15) is 8.42 Å². The lowest BCUT2D eigenvalue weighted by Gasteiger charge is -2.26. The predicted octanol–water partition coefficient (Wildman–Crippen LogP) is 3.35. The van der Waals surface area contributed by atoms with Crippen LogP contribution in [0.2, 0.25) is 0 Å². The summed E-state index contributed by atoms with van der Waals surface area (Å²) < 4.78 is 29.5. The van der Waals surface area contributed by atoms with E-state index >= 15 is 0 Å². The monoisotopic (exact) mass is 309 g/mol. The first-order valence-electron chi connectivity index (χ1n) is 7.42. The van der Waals surface area contributed by atoms with Crippen molar-refractivity contribution in [2.45, 2.75) is 57.8 Å². The van der Waals surface area contributed by atoms with E-state index in [0.717, 1.165) is 12.8 Å². The van der Waals surface area contributed by atoms with Crippen LogP contribution in [0.1, 0.15) is 57.8 Å². The van der Waals surface area contributed by atoms with Gasteiger partial charge in [0.1, 0.15) is 0 Å². The van der Waals surface area contributed by atoms with E-state index in [0.29, 0.717) is 16.5 Å². The minimum Gasteiger partial charge on any atom is -0.303 e. The number of hydrogen-bond donors (Lipinski definition) is 1. The predicted molar refractivity (Wildman–Crippen MR) is 82.0 cm³/mol. The SMILES string of the molecule is O=S(=O)(O)SCCCCCCCCN1CCCCC1. The molecule has 0 aromatic carbocycles. The summed E-state index contributed by atoms with van der Waals surface area (Å²) in [4.78, 5) is 2.58. The molecule has 0 spiro atoms. The van der Waals surface area contributed by atoms with Crippen LogP contribution in [0.3, 0.4) is 0 Å². The molecule has 0 unspecified atom stereocenters. The molecule has 19 heavy (non-hydrogen) atoms. The highest BCUT2D eigenvalue weighted by Gasteiger charge is 2.08. The van der Waals surface area contributed by atoms with Crippen LogP contribution in [-0.2, 0) is 9.15 Å². The maximum Gasteiger partial charge on any atom is 0.319 e. The Labute approximate surface area is 121 Å². The van der Waals surface area contributed by atoms with Gasteiger partial charge in [-0.25, -0.2) is 0 Å². The van der Waals surface area contributed by atoms with E-state index in [4.69, 9.17) is 4.55 Å². The summed E-state index contributed by atoms with van der Waals surface area (Å²) in [7, 11) is -3.19. The number of likely N-dealkylation sites (tertiary alicyclic amines) is 1. The Morgan fingerprint density at radius 2 is 1.47 bits per heavy atom. The van der Waals surface area contributed by atoms with Gasteiger partial charge in [-0.05, 0) is 56.1 Å². The quantitative estimate of drug-likeness (QED) is 0.381. The molecule has 1 aliphatic heterocycles. The third-order valence-electron chi connectivity index (χ3n) is 3.55. The van der Waals surface area contributed by atoms with Gasteiger partial charge in [0, 0.05) is 5.75 Å². The largest absolute Gasteiger partial charge is 0.319 e. The minimum atomic E-state index is -3.83. The normalized spacial score (nSPS) is 17.7. The van der Waals surface area contributed by atoms with E-state index < -0.39 is 9.15 Å². The molecule has 6 heteroatoms. The fourth-order valence-corrected chi connectivity index (χ4v) is 4.01. The molecule has 0 aromatic rings. The van der Waals surface area contributed by atoms with Crippen LogP contribution in [0.15, 0.2) is 0 Å². The summed E-state index contributed by atoms with van der Waals surface area (Å²) in [5, 5.41) is 0. The van der Waals surface area contributed by atoms with Crippen LogP contribution in [0.5, 0.6) is 0 Å². The van der Waals surface area contributed by atoms with Gasteiger partial charge < -0.3 is 4.90 Å². The van der Waals surface area contributed by atoms with E-state index in [-0.39, 0.29) is 0 Å². The average molecular weight is 309 g/mol. The molecular formula is C13H27NO3S2. The Balaban J connectivity index is 1.81. The van der Waals surface area contributed by atoms with Gasteiger partial charge >= 0.3 is 9.15 Å². The highest BCUT2D eigenvalue weighted by molar-refractivity contribution is 8.69. The van der Waals surface area contributed by atoms with Gasteiger partial charge in [0.15, 0.2) is 0 Å². The zero-order valence-electron chi connectivity index (χ0n) is 11.7. The summed E-state index contributed by atoms with van der Waals surface area (Å²) in [6, 6.07) is 0. The molecule has 0 aromatic heterocycles. The molecule has 4 nitrogen and oxygen atoms in total. The summed E-state index contributed by atoms with van der Waals surface area (Å²) >= 11 is 0. The lowest BCUT2D eigenvalue weighted by Crippen LogP contribution is -2.30. The summed E-state index contributed by atoms with van der Waals surface area (Å²) in [6.45, 7) is 3.82. The third kappa shape index (κ3) is 10.6. The van der Waals surface area contributed by atoms with Gasteiger partial charge in [0.2, 0.25) is 0 Å². The van der Waals surface area contributed by atoms with Crippen molar-refractivity contribution >= 4 is 19.9 Å². The second-order valence-corrected chi connectivity index (χ2v) is 8.74. The third-order valence-corrected chi connectivity index (χ3v) is 5.70. The van der Waals surface area contributed by atoms with Crippen LogP contribution < -0.4 is 0 Å². The van der Waals surface area contributed by atoms with E-state index in [1.54, 1.807) is 0 Å². The van der Waals surface area contributed by atoms with Crippen molar-refractivity contribution in [1.29, 1.82) is 0 Å². The van der Waals surface area contributed by atoms with E-state index in [1.807, 2.05) is 0 Å². The highest BCUT2D eigenvalue weighted by atomic mass is 33.1. The Morgan fingerprint density at radius 1 is 0.895 bits per heavy atom. The van der Waals surface area contributed by atoms with Crippen molar-refractivity contribution in [2.75, 3.05) is 25.4 Å². The first-order chi connectivity index (χ1) is 9.08. The number of piperidine rings is 1. The zero-order valence-corrected chi connectivity index (χ0v) is 13.4. The Morgan fingerprint density at radius 3 is 2.11 bits per heavy atom. The smallest absolute Gasteiger partial charge is 0.303 e. The maximum absolute atomic E-state index is 10.5. The fraction of sp³-hybridized carbons (Fsp3) is 1.00. The molecule has 1 rings (SSSR count). The number of rotatable bonds is 10. The Kier molecular flexibility index (Phi) is 9.11. The molecule has 1 aliphatic rings. The summed E-state index contributed by atoms with van der Waals surface area (Å²) in [6.07, 6.45) is 11.1. The first-order valence-corrected chi connectivity index (χ1v) is 10.4. The van der Waals surface area contributed by atoms with Crippen LogP contribution in [0, 0.1) is 0 Å². The molecule has 0 saturated carbocycles. The minimum absolute atomic E-state index is 0.507. The second-order valence-electron chi connectivity index (χ2n) is 5.27. The lowest BCUT2D eigenvalue weighted by molar-refractivity contribution is 0.224. The van der Waals surface area contributed by atoms with Crippen molar-refractivity contribution in [1.82, 2.24) is 4.90 Å². The molecule has 0 atom stereocenters. The topological polar surface area (TPSA) is 57.6 Å². The van der Waals surface area contributed by atoms with E-state index in [1.165, 1.54) is 64.6 Å². The molecule has 1 heterocycles. The van der Waals surface area contributed by atoms with Crippen LogP contribution in [0.4, 0.5) is 0 Å². The van der Waals surface area contributed by atoms with Gasteiger partial charge in [0.25, 0.3) is 0 Å². The Bertz CT molecular complexity index is 314. The molecule has 1 N–H and O–H groups in total. The fourth-order valence-electron chi connectivity index (χ4n) is 2.49. The Hall–Kier alpha value is 0.220. The number of unbranched alkanes of at least 4 members (excludes halogenated alkanes) is 5. The van der Waals surface area contributed by atoms with Gasteiger partial charge in [-0.3, -0.25) is 4.55 Å². The standard InChI is InChI=1S/C13H27NO3S2/c15-19(16,17)18-13-9-4-2-1-3-6-10-14-11-7-5-8-12-14/h1-13H2,(H,15,16,17). The summed E-state index contributed by atoms with van der Waals surface area (Å²) in [5.74, 6) is 0.507. The van der Waals surface area contributed by atoms with Crippen molar-refractivity contribution in [2.24, 2.45) is 0 Å². The lowest BCUT2D eigenvalue weighted by atomic mass is 10.1. The van der Waals surface area contributed by atoms with Crippen molar-refractivity contribution in [3.63, 3.8) is 0 Å². The average Bonchev–Trinajstić information content (AvgIpc) is 2.37. The van der Waals surface area contributed by atoms with E-state index in [9.17, 15) is 8.42 Å². The van der Waals surface area contributed by atoms with Crippen molar-refractivity contribution in [3.05, 3.63) is 0 Å². The highest BCUT2D eigenvalue weighted by Crippen LogP contribution is 2.14. The molecule has 0 bridgehead atoms. The van der Waals surface area contributed by atoms with Crippen molar-refractivity contribution < 1.29 is 13.0 Å². The molecule has 0 amide bonds. The second kappa shape index (κ2) is 10.0. The van der Waals surface area contributed by atoms with Crippen LogP contribution in [-0.4, -0.2) is 43.3 Å². The first kappa shape index (κ1) is 17.3. The zero-order chi connectivity index (χ0) is 14.0. The van der Waals surface area contributed by atoms with Gasteiger partial charge in [-0.15, -0.1) is 0 Å². The molecular weight excluding hydrogens is 282 g/mol. The number of nitrogens with zero attached hydrogens (tertiary/aromatic N) is 1. The molecule has 0 radical (unpaired) electrons. The summed E-state index contributed by atoms with van der Waals surface area (Å²) in [5.41, 5.74) is 0. The van der Waals surface area contributed by atoms with Crippen molar-refractivity contribution in [3.8, 4) is 0 Å². The molecule has 114 valence electrons. The molecule has 0 aliphatic carbocycles. The van der Waals surface area contributed by atoms with Gasteiger partial charge in [0.05, 0.1) is 0 Å². The van der Waals surface area contributed by atoms with Gasteiger partial charge in [-0.1, -0.05) is 32.1 Å². The molecule has 1 fully saturated rings. The maximum atomic E-state index is 10.5. The number of hydrogen-bond acceptors (Lipinski definition) is 4. The van der Waals surface area contributed by atoms with E-state index in [2.05, 4.69) is 4.90 Å². The van der Waals surface area contributed by atoms with Crippen LogP contribution in [0.25, 0.3) is 0 Å². The van der Waals surface area contributed by atoms with Crippen LogP contribution >= 0.6 is 10.8 Å². The molecule has 1 saturated heterocycles.